The zero-order valence-corrected chi connectivity index (χ0v) is 14.7. The number of halogens is 1. The first-order chi connectivity index (χ1) is 12.2. The van der Waals surface area contributed by atoms with Gasteiger partial charge >= 0.3 is 0 Å². The van der Waals surface area contributed by atoms with Crippen molar-refractivity contribution in [2.75, 3.05) is 13.1 Å². The topological polar surface area (TPSA) is 35.9 Å². The van der Waals surface area contributed by atoms with Gasteiger partial charge in [-0.2, -0.15) is 5.10 Å². The zero-order chi connectivity index (χ0) is 17.2. The van der Waals surface area contributed by atoms with Crippen LogP contribution in [-0.4, -0.2) is 34.6 Å². The number of nitrogens with zero attached hydrogens (tertiary/aromatic N) is 3. The van der Waals surface area contributed by atoms with Crippen molar-refractivity contribution >= 4 is 23.2 Å². The van der Waals surface area contributed by atoms with Crippen LogP contribution in [0.5, 0.6) is 0 Å². The van der Waals surface area contributed by atoms with E-state index in [1.807, 2.05) is 30.3 Å². The molecule has 1 atom stereocenters. The molecule has 0 saturated carbocycles. The van der Waals surface area contributed by atoms with Crippen molar-refractivity contribution < 1.29 is 4.79 Å². The lowest BCUT2D eigenvalue weighted by Gasteiger charge is -2.29. The number of carbonyl (C=O) groups is 1. The first-order valence-corrected chi connectivity index (χ1v) is 8.96. The summed E-state index contributed by atoms with van der Waals surface area (Å²) in [5.74, 6) is 0.0867. The molecule has 2 aromatic rings. The Bertz CT molecular complexity index is 788. The van der Waals surface area contributed by atoms with Crippen LogP contribution in [0.15, 0.2) is 59.7 Å². The molecule has 0 aliphatic carbocycles. The number of rotatable bonds is 4. The van der Waals surface area contributed by atoms with Gasteiger partial charge in [0.1, 0.15) is 0 Å². The molecule has 0 spiro atoms. The molecule has 1 fully saturated rings. The summed E-state index contributed by atoms with van der Waals surface area (Å²) in [6.07, 6.45) is 0.849. The highest BCUT2D eigenvalue weighted by atomic mass is 35.5. The van der Waals surface area contributed by atoms with Crippen molar-refractivity contribution in [1.29, 1.82) is 0 Å². The van der Waals surface area contributed by atoms with Gasteiger partial charge in [-0.15, -0.1) is 0 Å². The van der Waals surface area contributed by atoms with E-state index in [4.69, 9.17) is 11.6 Å². The van der Waals surface area contributed by atoms with Gasteiger partial charge in [0.05, 0.1) is 18.2 Å². The lowest BCUT2D eigenvalue weighted by Crippen LogP contribution is -2.41. The van der Waals surface area contributed by atoms with Crippen LogP contribution in [0.4, 0.5) is 0 Å². The average molecular weight is 354 g/mol. The summed E-state index contributed by atoms with van der Waals surface area (Å²) in [6.45, 7) is 3.11. The van der Waals surface area contributed by atoms with Crippen LogP contribution < -0.4 is 0 Å². The molecule has 128 valence electrons. The Morgan fingerprint density at radius 2 is 1.72 bits per heavy atom. The van der Waals surface area contributed by atoms with Gasteiger partial charge in [-0.1, -0.05) is 54.1 Å². The summed E-state index contributed by atoms with van der Waals surface area (Å²) in [5.41, 5.74) is 3.34. The van der Waals surface area contributed by atoms with Crippen molar-refractivity contribution in [1.82, 2.24) is 9.91 Å². The molecule has 2 aromatic carbocycles. The van der Waals surface area contributed by atoms with Gasteiger partial charge in [0, 0.05) is 24.7 Å². The Morgan fingerprint density at radius 1 is 1.00 bits per heavy atom. The number of amides is 1. The normalized spacial score (nSPS) is 20.5. The fourth-order valence-electron chi connectivity index (χ4n) is 3.50. The molecular formula is C20H20ClN3O. The van der Waals surface area contributed by atoms with E-state index in [1.165, 1.54) is 5.56 Å². The van der Waals surface area contributed by atoms with E-state index in [0.29, 0.717) is 11.6 Å². The van der Waals surface area contributed by atoms with Gasteiger partial charge in [0.25, 0.3) is 5.91 Å². The van der Waals surface area contributed by atoms with Gasteiger partial charge in [0.2, 0.25) is 0 Å². The molecule has 2 heterocycles. The predicted octanol–water partition coefficient (Wildman–Crippen LogP) is 3.56. The summed E-state index contributed by atoms with van der Waals surface area (Å²) in [5, 5.41) is 6.95. The first-order valence-electron chi connectivity index (χ1n) is 8.58. The van der Waals surface area contributed by atoms with E-state index < -0.39 is 0 Å². The second-order valence-electron chi connectivity index (χ2n) is 6.65. The second-order valence-corrected chi connectivity index (χ2v) is 7.09. The second kappa shape index (κ2) is 6.98. The minimum Gasteiger partial charge on any atom is -0.293 e. The third-order valence-electron chi connectivity index (χ3n) is 4.82. The average Bonchev–Trinajstić information content (AvgIpc) is 2.93. The fourth-order valence-corrected chi connectivity index (χ4v) is 3.63. The van der Waals surface area contributed by atoms with Crippen molar-refractivity contribution in [2.24, 2.45) is 11.0 Å². The van der Waals surface area contributed by atoms with Crippen LogP contribution in [0.1, 0.15) is 17.5 Å². The number of benzene rings is 2. The third-order valence-corrected chi connectivity index (χ3v) is 5.07. The summed E-state index contributed by atoms with van der Waals surface area (Å²) in [7, 11) is 0. The van der Waals surface area contributed by atoms with Crippen LogP contribution in [0, 0.1) is 5.92 Å². The molecule has 0 radical (unpaired) electrons. The monoisotopic (exact) mass is 353 g/mol. The van der Waals surface area contributed by atoms with Crippen LogP contribution in [0.25, 0.3) is 0 Å². The molecule has 4 rings (SSSR count). The van der Waals surface area contributed by atoms with Crippen LogP contribution in [0.2, 0.25) is 5.02 Å². The number of likely N-dealkylation sites (tertiary alicyclic amines) is 1. The van der Waals surface area contributed by atoms with Crippen molar-refractivity contribution in [2.45, 2.75) is 19.5 Å². The molecule has 1 saturated heterocycles. The van der Waals surface area contributed by atoms with Crippen LogP contribution in [0.3, 0.4) is 0 Å². The van der Waals surface area contributed by atoms with Gasteiger partial charge in [-0.3, -0.25) is 9.69 Å². The molecule has 5 heteroatoms. The highest BCUT2D eigenvalue weighted by Crippen LogP contribution is 2.26. The maximum atomic E-state index is 12.6. The smallest absolute Gasteiger partial charge is 0.251 e. The number of piperidine rings is 1. The summed E-state index contributed by atoms with van der Waals surface area (Å²) in [4.78, 5) is 15.0. The van der Waals surface area contributed by atoms with E-state index in [9.17, 15) is 4.79 Å². The lowest BCUT2D eigenvalue weighted by atomic mass is 9.94. The largest absolute Gasteiger partial charge is 0.293 e. The highest BCUT2D eigenvalue weighted by Gasteiger charge is 2.39. The number of hydrogen-bond acceptors (Lipinski definition) is 3. The fraction of sp³-hybridized carbons (Fsp3) is 0.300. The Balaban J connectivity index is 1.44. The Morgan fingerprint density at radius 3 is 2.48 bits per heavy atom. The molecule has 1 unspecified atom stereocenters. The number of hydrogen-bond donors (Lipinski definition) is 0. The van der Waals surface area contributed by atoms with E-state index in [2.05, 4.69) is 34.3 Å². The summed E-state index contributed by atoms with van der Waals surface area (Å²) < 4.78 is 0. The third kappa shape index (κ3) is 3.60. The van der Waals surface area contributed by atoms with Crippen molar-refractivity contribution in [3.8, 4) is 0 Å². The van der Waals surface area contributed by atoms with Gasteiger partial charge in [-0.25, -0.2) is 5.01 Å². The van der Waals surface area contributed by atoms with Crippen molar-refractivity contribution in [3.63, 3.8) is 0 Å². The maximum absolute atomic E-state index is 12.6. The van der Waals surface area contributed by atoms with E-state index in [-0.39, 0.29) is 11.8 Å². The van der Waals surface area contributed by atoms with E-state index in [1.54, 1.807) is 5.01 Å². The quantitative estimate of drug-likeness (QED) is 0.842. The predicted molar refractivity (Wildman–Crippen MR) is 99.3 cm³/mol. The molecule has 0 aromatic heterocycles. The Hall–Kier alpha value is -2.17. The first kappa shape index (κ1) is 16.3. The molecule has 1 amide bonds. The van der Waals surface area contributed by atoms with Crippen LogP contribution in [-0.2, 0) is 17.9 Å². The molecule has 0 bridgehead atoms. The molecule has 25 heavy (non-hydrogen) atoms. The van der Waals surface area contributed by atoms with Gasteiger partial charge in [-0.05, 0) is 29.7 Å². The number of carbonyl (C=O) groups excluding carboxylic acids is 1. The Labute approximate surface area is 152 Å². The summed E-state index contributed by atoms with van der Waals surface area (Å²) in [6, 6.07) is 18.0. The minimum atomic E-state index is -0.0423. The maximum Gasteiger partial charge on any atom is 0.251 e. The number of fused-ring (bicyclic) bond motifs is 1. The van der Waals surface area contributed by atoms with Crippen LogP contribution >= 0.6 is 11.6 Å². The standard InChI is InChI=1S/C20H20ClN3O/c21-17-8-6-16(7-9-17)13-24-20(25)18-10-11-23(14-19(18)22-24)12-15-4-2-1-3-5-15/h1-9,18H,10-14H2. The SMILES string of the molecule is O=C1C2CCN(Cc3ccccc3)CC2=NN1Cc1ccc(Cl)cc1. The van der Waals surface area contributed by atoms with Gasteiger partial charge < -0.3 is 0 Å². The summed E-state index contributed by atoms with van der Waals surface area (Å²) >= 11 is 5.93. The molecule has 0 N–H and O–H groups in total. The lowest BCUT2D eigenvalue weighted by molar-refractivity contribution is -0.132. The molecule has 4 nitrogen and oxygen atoms in total. The Kier molecular flexibility index (Phi) is 4.55. The molecule has 2 aliphatic rings. The number of hydrazone groups is 1. The van der Waals surface area contributed by atoms with E-state index >= 15 is 0 Å². The van der Waals surface area contributed by atoms with E-state index in [0.717, 1.165) is 37.3 Å². The minimum absolute atomic E-state index is 0.0423. The van der Waals surface area contributed by atoms with Crippen molar-refractivity contribution in [3.05, 3.63) is 70.7 Å². The highest BCUT2D eigenvalue weighted by molar-refractivity contribution is 6.30. The molecular weight excluding hydrogens is 334 g/mol. The molecule has 2 aliphatic heterocycles. The zero-order valence-electron chi connectivity index (χ0n) is 13.9. The van der Waals surface area contributed by atoms with Gasteiger partial charge in [0.15, 0.2) is 0 Å².